The van der Waals surface area contributed by atoms with E-state index in [0.29, 0.717) is 11.5 Å². The Hall–Kier alpha value is -2.70. The van der Waals surface area contributed by atoms with E-state index >= 15 is 0 Å². The van der Waals surface area contributed by atoms with Crippen LogP contribution >= 0.6 is 0 Å². The molecule has 140 valence electrons. The molecule has 0 aliphatic rings. The molecule has 0 spiro atoms. The maximum absolute atomic E-state index is 12.0. The maximum Gasteiger partial charge on any atom is 0.338 e. The molecule has 0 saturated heterocycles. The lowest BCUT2D eigenvalue weighted by Crippen LogP contribution is -2.35. The highest BCUT2D eigenvalue weighted by atomic mass is 16.5. The molecule has 0 bridgehead atoms. The zero-order chi connectivity index (χ0) is 18.9. The number of hydrogen-bond acceptors (Lipinski definition) is 5. The number of nitrogens with zero attached hydrogens (tertiary/aromatic N) is 3. The SMILES string of the molecule is CC(C)CCCC(C)NC(=O)COC(=O)c1ccc(-n2cncn2)cc1. The highest BCUT2D eigenvalue weighted by Crippen LogP contribution is 2.10. The summed E-state index contributed by atoms with van der Waals surface area (Å²) in [5, 5.41) is 6.87. The van der Waals surface area contributed by atoms with Crippen molar-refractivity contribution in [2.45, 2.75) is 46.1 Å². The Balaban J connectivity index is 1.74. The van der Waals surface area contributed by atoms with Crippen molar-refractivity contribution < 1.29 is 14.3 Å². The van der Waals surface area contributed by atoms with Crippen LogP contribution in [0.5, 0.6) is 0 Å². The molecule has 1 heterocycles. The van der Waals surface area contributed by atoms with Crippen LogP contribution in [0.2, 0.25) is 0 Å². The fourth-order valence-electron chi connectivity index (χ4n) is 2.53. The minimum atomic E-state index is -0.530. The lowest BCUT2D eigenvalue weighted by molar-refractivity contribution is -0.124. The van der Waals surface area contributed by atoms with Crippen molar-refractivity contribution in [2.24, 2.45) is 5.92 Å². The molecule has 0 aliphatic heterocycles. The van der Waals surface area contributed by atoms with E-state index in [9.17, 15) is 9.59 Å². The molecule has 0 radical (unpaired) electrons. The summed E-state index contributed by atoms with van der Waals surface area (Å²) in [4.78, 5) is 27.8. The topological polar surface area (TPSA) is 86.1 Å². The third-order valence-corrected chi connectivity index (χ3v) is 3.95. The van der Waals surface area contributed by atoms with E-state index in [1.807, 2.05) is 6.92 Å². The average Bonchev–Trinajstić information content (AvgIpc) is 3.14. The fourth-order valence-corrected chi connectivity index (χ4v) is 2.53. The number of rotatable bonds is 9. The molecule has 1 N–H and O–H groups in total. The second-order valence-corrected chi connectivity index (χ2v) is 6.76. The Kier molecular flexibility index (Phi) is 7.32. The van der Waals surface area contributed by atoms with E-state index in [1.165, 1.54) is 6.33 Å². The van der Waals surface area contributed by atoms with Crippen LogP contribution in [0.25, 0.3) is 5.69 Å². The quantitative estimate of drug-likeness (QED) is 0.697. The minimum Gasteiger partial charge on any atom is -0.452 e. The van der Waals surface area contributed by atoms with Crippen LogP contribution in [0.15, 0.2) is 36.9 Å². The minimum absolute atomic E-state index is 0.0712. The van der Waals surface area contributed by atoms with E-state index < -0.39 is 5.97 Å². The molecule has 1 aromatic carbocycles. The summed E-state index contributed by atoms with van der Waals surface area (Å²) in [6.45, 7) is 6.05. The summed E-state index contributed by atoms with van der Waals surface area (Å²) in [6, 6.07) is 6.81. The molecular weight excluding hydrogens is 332 g/mol. The number of esters is 1. The fraction of sp³-hybridized carbons (Fsp3) is 0.474. The Morgan fingerprint density at radius 2 is 1.88 bits per heavy atom. The van der Waals surface area contributed by atoms with Crippen molar-refractivity contribution in [2.75, 3.05) is 6.61 Å². The monoisotopic (exact) mass is 358 g/mol. The van der Waals surface area contributed by atoms with Crippen LogP contribution in [0.4, 0.5) is 0 Å². The number of amides is 1. The molecule has 1 amide bonds. The van der Waals surface area contributed by atoms with Crippen LogP contribution < -0.4 is 5.32 Å². The van der Waals surface area contributed by atoms with Gasteiger partial charge in [-0.25, -0.2) is 14.5 Å². The van der Waals surface area contributed by atoms with E-state index in [2.05, 4.69) is 29.2 Å². The second-order valence-electron chi connectivity index (χ2n) is 6.76. The van der Waals surface area contributed by atoms with Crippen molar-refractivity contribution in [1.29, 1.82) is 0 Å². The van der Waals surface area contributed by atoms with Gasteiger partial charge in [0, 0.05) is 6.04 Å². The number of benzene rings is 1. The Bertz CT molecular complexity index is 696. The Labute approximate surface area is 153 Å². The zero-order valence-electron chi connectivity index (χ0n) is 15.5. The summed E-state index contributed by atoms with van der Waals surface area (Å²) >= 11 is 0. The highest BCUT2D eigenvalue weighted by molar-refractivity contribution is 5.91. The summed E-state index contributed by atoms with van der Waals surface area (Å²) in [7, 11) is 0. The molecule has 26 heavy (non-hydrogen) atoms. The molecule has 1 aromatic heterocycles. The largest absolute Gasteiger partial charge is 0.452 e. The predicted octanol–water partition coefficient (Wildman–Crippen LogP) is 2.76. The number of ether oxygens (including phenoxy) is 1. The first kappa shape index (κ1) is 19.6. The van der Waals surface area contributed by atoms with Crippen LogP contribution in [0, 0.1) is 5.92 Å². The molecule has 0 fully saturated rings. The smallest absolute Gasteiger partial charge is 0.338 e. The molecular formula is C19H26N4O3. The van der Waals surface area contributed by atoms with Gasteiger partial charge < -0.3 is 10.1 Å². The van der Waals surface area contributed by atoms with Crippen LogP contribution in [-0.2, 0) is 9.53 Å². The molecule has 1 unspecified atom stereocenters. The maximum atomic E-state index is 12.0. The summed E-state index contributed by atoms with van der Waals surface area (Å²) in [6.07, 6.45) is 6.13. The molecule has 2 aromatic rings. The van der Waals surface area contributed by atoms with Crippen LogP contribution in [-0.4, -0.2) is 39.3 Å². The third-order valence-electron chi connectivity index (χ3n) is 3.95. The van der Waals surface area contributed by atoms with Crippen LogP contribution in [0.3, 0.4) is 0 Å². The van der Waals surface area contributed by atoms with Gasteiger partial charge in [0.25, 0.3) is 5.91 Å². The van der Waals surface area contributed by atoms with Crippen molar-refractivity contribution >= 4 is 11.9 Å². The number of carbonyl (C=O) groups is 2. The first-order chi connectivity index (χ1) is 12.5. The van der Waals surface area contributed by atoms with Gasteiger partial charge in [-0.05, 0) is 43.5 Å². The van der Waals surface area contributed by atoms with E-state index in [4.69, 9.17) is 4.74 Å². The average molecular weight is 358 g/mol. The zero-order valence-corrected chi connectivity index (χ0v) is 15.5. The lowest BCUT2D eigenvalue weighted by atomic mass is 10.0. The van der Waals surface area contributed by atoms with Gasteiger partial charge in [0.2, 0.25) is 0 Å². The number of hydrogen-bond donors (Lipinski definition) is 1. The van der Waals surface area contributed by atoms with E-state index in [1.54, 1.807) is 35.3 Å². The molecule has 7 nitrogen and oxygen atoms in total. The first-order valence-corrected chi connectivity index (χ1v) is 8.87. The molecule has 2 rings (SSSR count). The van der Waals surface area contributed by atoms with Crippen molar-refractivity contribution in [3.8, 4) is 5.69 Å². The van der Waals surface area contributed by atoms with Gasteiger partial charge in [0.05, 0.1) is 11.3 Å². The summed E-state index contributed by atoms with van der Waals surface area (Å²) in [5.74, 6) is -0.151. The number of aromatic nitrogens is 3. The highest BCUT2D eigenvalue weighted by Gasteiger charge is 2.12. The third kappa shape index (κ3) is 6.31. The lowest BCUT2D eigenvalue weighted by Gasteiger charge is -2.14. The molecule has 0 saturated carbocycles. The molecule has 0 aliphatic carbocycles. The van der Waals surface area contributed by atoms with Crippen molar-refractivity contribution in [3.05, 3.63) is 42.5 Å². The Morgan fingerprint density at radius 1 is 1.15 bits per heavy atom. The molecule has 1 atom stereocenters. The number of nitrogens with one attached hydrogen (secondary N) is 1. The van der Waals surface area contributed by atoms with Gasteiger partial charge in [-0.15, -0.1) is 0 Å². The van der Waals surface area contributed by atoms with Gasteiger partial charge in [0.15, 0.2) is 6.61 Å². The Morgan fingerprint density at radius 3 is 2.50 bits per heavy atom. The van der Waals surface area contributed by atoms with Crippen molar-refractivity contribution in [3.63, 3.8) is 0 Å². The number of carbonyl (C=O) groups excluding carboxylic acids is 2. The van der Waals surface area contributed by atoms with Gasteiger partial charge in [-0.3, -0.25) is 4.79 Å². The normalized spacial score (nSPS) is 12.0. The summed E-state index contributed by atoms with van der Waals surface area (Å²) in [5.41, 5.74) is 1.17. The summed E-state index contributed by atoms with van der Waals surface area (Å²) < 4.78 is 6.66. The molecule has 7 heteroatoms. The predicted molar refractivity (Wildman–Crippen MR) is 97.9 cm³/mol. The van der Waals surface area contributed by atoms with Gasteiger partial charge in [0.1, 0.15) is 12.7 Å². The standard InChI is InChI=1S/C19H26N4O3/c1-14(2)5-4-6-15(3)22-18(24)11-26-19(25)16-7-9-17(10-8-16)23-13-20-12-21-23/h7-10,12-15H,4-6,11H2,1-3H3,(H,22,24). The van der Waals surface area contributed by atoms with Crippen LogP contribution in [0.1, 0.15) is 50.4 Å². The van der Waals surface area contributed by atoms with E-state index in [-0.39, 0.29) is 18.6 Å². The first-order valence-electron chi connectivity index (χ1n) is 8.87. The van der Waals surface area contributed by atoms with Crippen molar-refractivity contribution in [1.82, 2.24) is 20.1 Å². The van der Waals surface area contributed by atoms with E-state index in [0.717, 1.165) is 24.9 Å². The van der Waals surface area contributed by atoms with Gasteiger partial charge in [-0.2, -0.15) is 5.10 Å². The van der Waals surface area contributed by atoms with Gasteiger partial charge in [-0.1, -0.05) is 26.7 Å². The second kappa shape index (κ2) is 9.70. The van der Waals surface area contributed by atoms with Gasteiger partial charge >= 0.3 is 5.97 Å².